The van der Waals surface area contributed by atoms with Gasteiger partial charge in [-0.05, 0) is 18.4 Å². The Balaban J connectivity index is 2.83. The van der Waals surface area contributed by atoms with Crippen molar-refractivity contribution in [2.24, 2.45) is 0 Å². The molecule has 0 amide bonds. The maximum absolute atomic E-state index is 4.06. The van der Waals surface area contributed by atoms with Crippen LogP contribution in [0.1, 0.15) is 51.5 Å². The van der Waals surface area contributed by atoms with E-state index in [-0.39, 0.29) is 5.41 Å². The predicted octanol–water partition coefficient (Wildman–Crippen LogP) is 5.10. The highest BCUT2D eigenvalue weighted by atomic mass is 14.3. The fourth-order valence-corrected chi connectivity index (χ4v) is 2.35. The maximum Gasteiger partial charge on any atom is 0.0127 e. The number of unbranched alkanes of at least 4 members (excludes halogenated alkanes) is 2. The monoisotopic (exact) mass is 216 g/mol. The second-order valence-corrected chi connectivity index (χ2v) is 4.54. The summed E-state index contributed by atoms with van der Waals surface area (Å²) >= 11 is 0. The van der Waals surface area contributed by atoms with Gasteiger partial charge in [-0.1, -0.05) is 69.5 Å². The molecule has 0 radical (unpaired) electrons. The van der Waals surface area contributed by atoms with Crippen molar-refractivity contribution in [2.75, 3.05) is 0 Å². The smallest absolute Gasteiger partial charge is 0.0127 e. The molecule has 1 aromatic rings. The molecule has 0 saturated heterocycles. The van der Waals surface area contributed by atoms with Crippen LogP contribution in [0.5, 0.6) is 0 Å². The third kappa shape index (κ3) is 2.98. The fourth-order valence-electron chi connectivity index (χ4n) is 2.35. The summed E-state index contributed by atoms with van der Waals surface area (Å²) in [6, 6.07) is 10.8. The van der Waals surface area contributed by atoms with E-state index in [2.05, 4.69) is 56.8 Å². The van der Waals surface area contributed by atoms with Gasteiger partial charge in [-0.2, -0.15) is 0 Å². The molecule has 0 heterocycles. The number of rotatable bonds is 7. The lowest BCUT2D eigenvalue weighted by molar-refractivity contribution is 0.447. The van der Waals surface area contributed by atoms with Crippen molar-refractivity contribution >= 4 is 0 Å². The minimum Gasteiger partial charge on any atom is -0.102 e. The van der Waals surface area contributed by atoms with Crippen LogP contribution in [-0.4, -0.2) is 0 Å². The van der Waals surface area contributed by atoms with Gasteiger partial charge >= 0.3 is 0 Å². The van der Waals surface area contributed by atoms with Gasteiger partial charge in [0.1, 0.15) is 0 Å². The van der Waals surface area contributed by atoms with Crippen LogP contribution in [0.2, 0.25) is 0 Å². The third-order valence-electron chi connectivity index (χ3n) is 3.60. The molecule has 0 aliphatic heterocycles. The molecule has 16 heavy (non-hydrogen) atoms. The topological polar surface area (TPSA) is 0 Å². The van der Waals surface area contributed by atoms with E-state index >= 15 is 0 Å². The zero-order chi connectivity index (χ0) is 11.9. The number of hydrogen-bond donors (Lipinski definition) is 0. The Bertz CT molecular complexity index is 299. The summed E-state index contributed by atoms with van der Waals surface area (Å²) in [4.78, 5) is 0. The van der Waals surface area contributed by atoms with Crippen LogP contribution < -0.4 is 0 Å². The Labute approximate surface area is 100 Å². The highest BCUT2D eigenvalue weighted by Crippen LogP contribution is 2.34. The predicted molar refractivity (Wildman–Crippen MR) is 72.8 cm³/mol. The van der Waals surface area contributed by atoms with Crippen molar-refractivity contribution < 1.29 is 0 Å². The van der Waals surface area contributed by atoms with Crippen LogP contribution in [-0.2, 0) is 5.41 Å². The molecule has 0 aliphatic rings. The second-order valence-electron chi connectivity index (χ2n) is 4.54. The molecule has 0 fully saturated rings. The Kier molecular flexibility index (Phi) is 5.31. The van der Waals surface area contributed by atoms with Gasteiger partial charge in [-0.3, -0.25) is 0 Å². The van der Waals surface area contributed by atoms with Gasteiger partial charge in [-0.25, -0.2) is 0 Å². The van der Waals surface area contributed by atoms with Crippen LogP contribution in [0.3, 0.4) is 0 Å². The van der Waals surface area contributed by atoms with Crippen molar-refractivity contribution in [1.29, 1.82) is 0 Å². The molecule has 0 aliphatic carbocycles. The Hall–Kier alpha value is -1.04. The third-order valence-corrected chi connectivity index (χ3v) is 3.60. The first-order valence-electron chi connectivity index (χ1n) is 6.48. The van der Waals surface area contributed by atoms with E-state index in [0.717, 1.165) is 6.42 Å². The molecule has 1 unspecified atom stereocenters. The molecule has 0 bridgehead atoms. The van der Waals surface area contributed by atoms with Crippen LogP contribution in [0.25, 0.3) is 0 Å². The van der Waals surface area contributed by atoms with Gasteiger partial charge in [0.15, 0.2) is 0 Å². The molecule has 1 aromatic carbocycles. The van der Waals surface area contributed by atoms with Crippen LogP contribution in [0, 0.1) is 0 Å². The van der Waals surface area contributed by atoms with Crippen LogP contribution in [0.15, 0.2) is 43.0 Å². The lowest BCUT2D eigenvalue weighted by Crippen LogP contribution is -2.22. The lowest BCUT2D eigenvalue weighted by Gasteiger charge is -2.30. The van der Waals surface area contributed by atoms with Crippen molar-refractivity contribution in [3.8, 4) is 0 Å². The number of allylic oxidation sites excluding steroid dienone is 1. The second kappa shape index (κ2) is 6.52. The Morgan fingerprint density at radius 3 is 2.31 bits per heavy atom. The van der Waals surface area contributed by atoms with Gasteiger partial charge in [-0.15, -0.1) is 6.58 Å². The van der Waals surface area contributed by atoms with Gasteiger partial charge < -0.3 is 0 Å². The molecule has 1 rings (SSSR count). The summed E-state index contributed by atoms with van der Waals surface area (Å²) in [6.07, 6.45) is 8.42. The molecule has 0 saturated carbocycles. The van der Waals surface area contributed by atoms with Gasteiger partial charge in [0, 0.05) is 5.41 Å². The highest BCUT2D eigenvalue weighted by molar-refractivity contribution is 5.29. The van der Waals surface area contributed by atoms with Crippen LogP contribution in [0.4, 0.5) is 0 Å². The average Bonchev–Trinajstić information content (AvgIpc) is 2.36. The molecule has 0 nitrogen and oxygen atoms in total. The summed E-state index contributed by atoms with van der Waals surface area (Å²) in [5, 5.41) is 0. The summed E-state index contributed by atoms with van der Waals surface area (Å²) in [5.74, 6) is 0. The largest absolute Gasteiger partial charge is 0.102 e. The lowest BCUT2D eigenvalue weighted by atomic mass is 9.74. The summed E-state index contributed by atoms with van der Waals surface area (Å²) in [7, 11) is 0. The van der Waals surface area contributed by atoms with Crippen molar-refractivity contribution in [2.45, 2.75) is 51.4 Å². The molecule has 0 N–H and O–H groups in total. The maximum atomic E-state index is 4.06. The van der Waals surface area contributed by atoms with E-state index in [1.807, 2.05) is 0 Å². The normalized spacial score (nSPS) is 14.4. The Morgan fingerprint density at radius 2 is 1.81 bits per heavy atom. The highest BCUT2D eigenvalue weighted by Gasteiger charge is 2.25. The number of hydrogen-bond acceptors (Lipinski definition) is 0. The molecule has 1 atom stereocenters. The summed E-state index contributed by atoms with van der Waals surface area (Å²) < 4.78 is 0. The zero-order valence-electron chi connectivity index (χ0n) is 10.7. The van der Waals surface area contributed by atoms with Gasteiger partial charge in [0.2, 0.25) is 0 Å². The van der Waals surface area contributed by atoms with E-state index in [1.54, 1.807) is 0 Å². The molecular weight excluding hydrogens is 192 g/mol. The molecule has 88 valence electrons. The minimum absolute atomic E-state index is 0.191. The van der Waals surface area contributed by atoms with Crippen molar-refractivity contribution in [1.82, 2.24) is 0 Å². The van der Waals surface area contributed by atoms with E-state index in [9.17, 15) is 0 Å². The molecular formula is C16H24. The van der Waals surface area contributed by atoms with Crippen molar-refractivity contribution in [3.05, 3.63) is 48.6 Å². The summed E-state index contributed by atoms with van der Waals surface area (Å²) in [5.41, 5.74) is 1.61. The van der Waals surface area contributed by atoms with E-state index in [4.69, 9.17) is 0 Å². The molecule has 0 heteroatoms. The first-order chi connectivity index (χ1) is 7.79. The van der Waals surface area contributed by atoms with Crippen LogP contribution >= 0.6 is 0 Å². The first-order valence-corrected chi connectivity index (χ1v) is 6.48. The van der Waals surface area contributed by atoms with E-state index in [0.29, 0.717) is 0 Å². The SMILES string of the molecule is C=CC(CC)(CCCCC)c1ccccc1. The summed E-state index contributed by atoms with van der Waals surface area (Å²) in [6.45, 7) is 8.58. The van der Waals surface area contributed by atoms with Crippen molar-refractivity contribution in [3.63, 3.8) is 0 Å². The molecule has 0 spiro atoms. The number of benzene rings is 1. The first kappa shape index (κ1) is 13.0. The van der Waals surface area contributed by atoms with E-state index in [1.165, 1.54) is 31.2 Å². The minimum atomic E-state index is 0.191. The average molecular weight is 216 g/mol. The fraction of sp³-hybridized carbons (Fsp3) is 0.500. The molecule has 0 aromatic heterocycles. The standard InChI is InChI=1S/C16H24/c1-4-7-11-14-16(5-2,6-3)15-12-9-8-10-13-15/h5,8-10,12-13H,2,4,6-7,11,14H2,1,3H3. The van der Waals surface area contributed by atoms with E-state index < -0.39 is 0 Å². The van der Waals surface area contributed by atoms with Gasteiger partial charge in [0.25, 0.3) is 0 Å². The van der Waals surface area contributed by atoms with Gasteiger partial charge in [0.05, 0.1) is 0 Å². The quantitative estimate of drug-likeness (QED) is 0.439. The Morgan fingerprint density at radius 1 is 1.12 bits per heavy atom. The zero-order valence-corrected chi connectivity index (χ0v) is 10.7.